The van der Waals surface area contributed by atoms with Crippen molar-refractivity contribution in [3.63, 3.8) is 0 Å². The molecule has 1 aliphatic rings. The van der Waals surface area contributed by atoms with Gasteiger partial charge in [-0.05, 0) is 13.0 Å². The Bertz CT molecular complexity index is 601. The number of ketones is 1. The second-order valence-electron chi connectivity index (χ2n) is 4.80. The maximum atomic E-state index is 11.2. The smallest absolute Gasteiger partial charge is 0.355 e. The predicted octanol–water partition coefficient (Wildman–Crippen LogP) is -0.0292. The van der Waals surface area contributed by atoms with Crippen molar-refractivity contribution in [3.05, 3.63) is 29.1 Å². The highest BCUT2D eigenvalue weighted by Crippen LogP contribution is 2.22. The lowest BCUT2D eigenvalue weighted by Crippen LogP contribution is -2.32. The van der Waals surface area contributed by atoms with E-state index in [2.05, 4.69) is 10.3 Å². The molecule has 0 bridgehead atoms. The molecule has 0 radical (unpaired) electrons. The molecule has 1 unspecified atom stereocenters. The molecule has 0 amide bonds. The second kappa shape index (κ2) is 5.98. The summed E-state index contributed by atoms with van der Waals surface area (Å²) in [5, 5.41) is 21.2. The van der Waals surface area contributed by atoms with Gasteiger partial charge in [0.2, 0.25) is 0 Å². The van der Waals surface area contributed by atoms with Crippen LogP contribution in [0.3, 0.4) is 0 Å². The Labute approximate surface area is 120 Å². The van der Waals surface area contributed by atoms with E-state index in [-0.39, 0.29) is 24.1 Å². The van der Waals surface area contributed by atoms with Crippen LogP contribution in [0.25, 0.3) is 0 Å². The van der Waals surface area contributed by atoms with Crippen molar-refractivity contribution in [2.24, 2.45) is 0 Å². The van der Waals surface area contributed by atoms with Crippen molar-refractivity contribution in [3.8, 4) is 0 Å². The Hall–Kier alpha value is -2.32. The van der Waals surface area contributed by atoms with Gasteiger partial charge in [0.15, 0.2) is 5.69 Å². The number of hydrogen-bond acceptors (Lipinski definition) is 6. The van der Waals surface area contributed by atoms with Gasteiger partial charge >= 0.3 is 11.9 Å². The highest BCUT2D eigenvalue weighted by Gasteiger charge is 2.28. The highest BCUT2D eigenvalue weighted by molar-refractivity contribution is 6.00. The van der Waals surface area contributed by atoms with Crippen LogP contribution in [0.15, 0.2) is 12.3 Å². The van der Waals surface area contributed by atoms with Crippen LogP contribution in [0.1, 0.15) is 39.5 Å². The molecular weight excluding hydrogens is 278 g/mol. The molecule has 112 valence electrons. The number of carbonyl (C=O) groups is 3. The molecule has 0 spiro atoms. The maximum absolute atomic E-state index is 11.2. The van der Waals surface area contributed by atoms with Crippen LogP contribution in [-0.2, 0) is 4.79 Å². The van der Waals surface area contributed by atoms with Crippen molar-refractivity contribution >= 4 is 17.7 Å². The second-order valence-corrected chi connectivity index (χ2v) is 4.80. The lowest BCUT2D eigenvalue weighted by atomic mass is 10.1. The fraction of sp³-hybridized carbons (Fsp3) is 0.385. The van der Waals surface area contributed by atoms with Gasteiger partial charge in [-0.2, -0.15) is 0 Å². The standard InChI is InChI=1S/C13H15N3O5/c1-7(17)6-16-3-2-14-11(16)8-4-9(12(18)19)10(13(20)21)15-5-8/h4-5,11,14H,2-3,6H2,1H3,(H,18,19)(H,20,21). The van der Waals surface area contributed by atoms with Crippen LogP contribution in [0.4, 0.5) is 0 Å². The summed E-state index contributed by atoms with van der Waals surface area (Å²) >= 11 is 0. The summed E-state index contributed by atoms with van der Waals surface area (Å²) < 4.78 is 0. The highest BCUT2D eigenvalue weighted by atomic mass is 16.4. The molecule has 2 rings (SSSR count). The number of aromatic nitrogens is 1. The molecule has 0 aliphatic carbocycles. The molecule has 1 aliphatic heterocycles. The van der Waals surface area contributed by atoms with E-state index in [1.807, 2.05) is 4.90 Å². The average Bonchev–Trinajstić information content (AvgIpc) is 2.85. The van der Waals surface area contributed by atoms with E-state index >= 15 is 0 Å². The first-order valence-electron chi connectivity index (χ1n) is 6.33. The molecule has 21 heavy (non-hydrogen) atoms. The van der Waals surface area contributed by atoms with Crippen molar-refractivity contribution in [2.45, 2.75) is 13.1 Å². The molecule has 1 saturated heterocycles. The van der Waals surface area contributed by atoms with Gasteiger partial charge in [-0.15, -0.1) is 0 Å². The summed E-state index contributed by atoms with van der Waals surface area (Å²) in [6.45, 7) is 3.01. The van der Waals surface area contributed by atoms with Crippen LogP contribution < -0.4 is 5.32 Å². The van der Waals surface area contributed by atoms with Gasteiger partial charge in [-0.25, -0.2) is 14.6 Å². The zero-order valence-electron chi connectivity index (χ0n) is 11.4. The molecule has 1 fully saturated rings. The zero-order chi connectivity index (χ0) is 15.6. The van der Waals surface area contributed by atoms with Crippen LogP contribution in [0, 0.1) is 0 Å². The fourth-order valence-corrected chi connectivity index (χ4v) is 2.35. The Morgan fingerprint density at radius 2 is 2.10 bits per heavy atom. The van der Waals surface area contributed by atoms with Gasteiger partial charge in [0.1, 0.15) is 5.78 Å². The minimum Gasteiger partial charge on any atom is -0.478 e. The van der Waals surface area contributed by atoms with E-state index in [1.165, 1.54) is 19.2 Å². The van der Waals surface area contributed by atoms with E-state index in [0.717, 1.165) is 0 Å². The van der Waals surface area contributed by atoms with Crippen molar-refractivity contribution in [2.75, 3.05) is 19.6 Å². The third kappa shape index (κ3) is 3.23. The van der Waals surface area contributed by atoms with Gasteiger partial charge < -0.3 is 10.2 Å². The van der Waals surface area contributed by atoms with Crippen LogP contribution in [0.5, 0.6) is 0 Å². The topological polar surface area (TPSA) is 120 Å². The third-order valence-electron chi connectivity index (χ3n) is 3.19. The molecule has 8 nitrogen and oxygen atoms in total. The largest absolute Gasteiger partial charge is 0.478 e. The molecule has 0 aromatic carbocycles. The minimum atomic E-state index is -1.39. The molecule has 1 atom stereocenters. The summed E-state index contributed by atoms with van der Waals surface area (Å²) in [5.41, 5.74) is -0.338. The van der Waals surface area contributed by atoms with Crippen molar-refractivity contribution in [1.82, 2.24) is 15.2 Å². The molecular formula is C13H15N3O5. The first kappa shape index (κ1) is 15.1. The number of nitrogens with one attached hydrogen (secondary N) is 1. The Morgan fingerprint density at radius 3 is 2.67 bits per heavy atom. The SMILES string of the molecule is CC(=O)CN1CCNC1c1cnc(C(=O)O)c(C(=O)O)c1. The normalized spacial score (nSPS) is 18.6. The number of carboxylic acids is 2. The van der Waals surface area contributed by atoms with Crippen LogP contribution in [-0.4, -0.2) is 57.5 Å². The van der Waals surface area contributed by atoms with Gasteiger partial charge in [0, 0.05) is 24.8 Å². The summed E-state index contributed by atoms with van der Waals surface area (Å²) in [4.78, 5) is 38.9. The summed E-state index contributed by atoms with van der Waals surface area (Å²) in [5.74, 6) is -2.74. The number of carbonyl (C=O) groups excluding carboxylic acids is 1. The molecule has 1 aromatic heterocycles. The van der Waals surface area contributed by atoms with E-state index in [4.69, 9.17) is 10.2 Å². The monoisotopic (exact) mass is 293 g/mol. The van der Waals surface area contributed by atoms with E-state index in [1.54, 1.807) is 0 Å². The van der Waals surface area contributed by atoms with Gasteiger partial charge in [-0.1, -0.05) is 0 Å². The fourth-order valence-electron chi connectivity index (χ4n) is 2.35. The molecule has 1 aromatic rings. The number of pyridine rings is 1. The first-order valence-corrected chi connectivity index (χ1v) is 6.33. The molecule has 2 heterocycles. The van der Waals surface area contributed by atoms with E-state index in [0.29, 0.717) is 18.7 Å². The van der Waals surface area contributed by atoms with Crippen LogP contribution in [0.2, 0.25) is 0 Å². The van der Waals surface area contributed by atoms with Gasteiger partial charge in [0.05, 0.1) is 18.3 Å². The first-order chi connectivity index (χ1) is 9.90. The Morgan fingerprint density at radius 1 is 1.38 bits per heavy atom. The molecule has 8 heteroatoms. The Kier molecular flexibility index (Phi) is 4.29. The number of nitrogens with zero attached hydrogens (tertiary/aromatic N) is 2. The van der Waals surface area contributed by atoms with Crippen molar-refractivity contribution in [1.29, 1.82) is 0 Å². The lowest BCUT2D eigenvalue weighted by Gasteiger charge is -2.23. The minimum absolute atomic E-state index is 0.00252. The maximum Gasteiger partial charge on any atom is 0.355 e. The molecule has 0 saturated carbocycles. The summed E-state index contributed by atoms with van der Waals surface area (Å²) in [7, 11) is 0. The zero-order valence-corrected chi connectivity index (χ0v) is 11.4. The number of aromatic carboxylic acids is 2. The summed E-state index contributed by atoms with van der Waals surface area (Å²) in [6.07, 6.45) is 0.980. The Balaban J connectivity index is 2.36. The van der Waals surface area contributed by atoms with Crippen LogP contribution >= 0.6 is 0 Å². The summed E-state index contributed by atoms with van der Waals surface area (Å²) in [6, 6.07) is 1.29. The van der Waals surface area contributed by atoms with E-state index in [9.17, 15) is 14.4 Å². The quantitative estimate of drug-likeness (QED) is 0.692. The number of carboxylic acid groups (broad SMARTS) is 2. The predicted molar refractivity (Wildman–Crippen MR) is 71.2 cm³/mol. The molecule has 3 N–H and O–H groups in total. The average molecular weight is 293 g/mol. The number of hydrogen-bond donors (Lipinski definition) is 3. The van der Waals surface area contributed by atoms with Crippen molar-refractivity contribution < 1.29 is 24.6 Å². The van der Waals surface area contributed by atoms with E-state index < -0.39 is 17.6 Å². The number of Topliss-reactive ketones (excluding diaryl/α,β-unsaturated/α-hetero) is 1. The third-order valence-corrected chi connectivity index (χ3v) is 3.19. The van der Waals surface area contributed by atoms with Gasteiger partial charge in [0.25, 0.3) is 0 Å². The number of rotatable bonds is 5. The lowest BCUT2D eigenvalue weighted by molar-refractivity contribution is -0.118. The van der Waals surface area contributed by atoms with Gasteiger partial charge in [-0.3, -0.25) is 15.0 Å².